The molecule has 1 aliphatic carbocycles. The Bertz CT molecular complexity index is 396. The first-order chi connectivity index (χ1) is 6.79. The molecule has 0 saturated carbocycles. The highest BCUT2D eigenvalue weighted by Gasteiger charge is 2.13. The Labute approximate surface area is 82.4 Å². The summed E-state index contributed by atoms with van der Waals surface area (Å²) in [6, 6.07) is 1.90. The van der Waals surface area contributed by atoms with Crippen molar-refractivity contribution in [2.24, 2.45) is 0 Å². The highest BCUT2D eigenvalue weighted by atomic mass is 16.5. The maximum atomic E-state index is 11.1. The van der Waals surface area contributed by atoms with E-state index < -0.39 is 0 Å². The Hall–Kier alpha value is -1.64. The van der Waals surface area contributed by atoms with Gasteiger partial charge in [0.2, 0.25) is 0 Å². The summed E-state index contributed by atoms with van der Waals surface area (Å²) in [4.78, 5) is 15.1. The molecule has 0 radical (unpaired) electrons. The summed E-state index contributed by atoms with van der Waals surface area (Å²) in [6.07, 6.45) is 6.53. The lowest BCUT2D eigenvalue weighted by molar-refractivity contribution is -0.114. The van der Waals surface area contributed by atoms with E-state index in [1.807, 2.05) is 6.07 Å². The largest absolute Gasteiger partial charge is 0.495 e. The lowest BCUT2D eigenvalue weighted by Crippen LogP contribution is -1.87. The molecule has 3 heteroatoms. The van der Waals surface area contributed by atoms with Gasteiger partial charge in [-0.2, -0.15) is 0 Å². The average molecular weight is 189 g/mol. The predicted octanol–water partition coefficient (Wildman–Crippen LogP) is 1.84. The minimum atomic E-state index is 0.197. The van der Waals surface area contributed by atoms with Gasteiger partial charge in [0, 0.05) is 12.6 Å². The van der Waals surface area contributed by atoms with E-state index in [1.54, 1.807) is 25.6 Å². The third-order valence-electron chi connectivity index (χ3n) is 2.30. The Morgan fingerprint density at radius 3 is 2.86 bits per heavy atom. The number of aromatic nitrogens is 1. The van der Waals surface area contributed by atoms with Crippen molar-refractivity contribution in [3.05, 3.63) is 30.1 Å². The number of carbonyl (C=O) groups is 1. The monoisotopic (exact) mass is 189 g/mol. The normalized spacial score (nSPS) is 15.5. The quantitative estimate of drug-likeness (QED) is 0.712. The number of ether oxygens (including phenoxy) is 1. The van der Waals surface area contributed by atoms with Crippen LogP contribution in [0, 0.1) is 0 Å². The number of hydrogen-bond donors (Lipinski definition) is 0. The second-order valence-electron chi connectivity index (χ2n) is 3.25. The van der Waals surface area contributed by atoms with E-state index in [9.17, 15) is 4.79 Å². The molecule has 0 spiro atoms. The number of allylic oxidation sites excluding steroid dienone is 2. The molecule has 0 saturated heterocycles. The van der Waals surface area contributed by atoms with Gasteiger partial charge >= 0.3 is 0 Å². The maximum Gasteiger partial charge on any atom is 0.156 e. The molecule has 1 aromatic rings. The van der Waals surface area contributed by atoms with Crippen molar-refractivity contribution in [3.63, 3.8) is 0 Å². The Morgan fingerprint density at radius 1 is 1.36 bits per heavy atom. The fraction of sp³-hybridized carbons (Fsp3) is 0.273. The van der Waals surface area contributed by atoms with Crippen molar-refractivity contribution in [1.82, 2.24) is 4.98 Å². The smallest absolute Gasteiger partial charge is 0.156 e. The summed E-state index contributed by atoms with van der Waals surface area (Å²) >= 11 is 0. The molecular weight excluding hydrogens is 178 g/mol. The van der Waals surface area contributed by atoms with Gasteiger partial charge in [-0.1, -0.05) is 0 Å². The van der Waals surface area contributed by atoms with Crippen molar-refractivity contribution in [2.75, 3.05) is 7.11 Å². The molecule has 1 aromatic heterocycles. The standard InChI is InChI=1S/C11H11NO2/c1-14-11-5-9(6-12-7-11)8-2-3-10(13)4-8/h4-7H,2-3H2,1H3. The number of hydrogen-bond acceptors (Lipinski definition) is 3. The molecule has 72 valence electrons. The summed E-state index contributed by atoms with van der Waals surface area (Å²) in [6.45, 7) is 0. The number of rotatable bonds is 2. The van der Waals surface area contributed by atoms with E-state index in [1.165, 1.54) is 0 Å². The van der Waals surface area contributed by atoms with Crippen LogP contribution in [0.5, 0.6) is 5.75 Å². The average Bonchev–Trinajstić information content (AvgIpc) is 2.65. The zero-order chi connectivity index (χ0) is 9.97. The molecule has 0 fully saturated rings. The van der Waals surface area contributed by atoms with Gasteiger partial charge in [0.15, 0.2) is 5.78 Å². The molecule has 2 rings (SSSR count). The van der Waals surface area contributed by atoms with E-state index >= 15 is 0 Å². The highest BCUT2D eigenvalue weighted by molar-refractivity contribution is 6.01. The molecule has 14 heavy (non-hydrogen) atoms. The number of carbonyl (C=O) groups excluding carboxylic acids is 1. The minimum Gasteiger partial charge on any atom is -0.495 e. The van der Waals surface area contributed by atoms with Gasteiger partial charge in [-0.05, 0) is 29.7 Å². The summed E-state index contributed by atoms with van der Waals surface area (Å²) in [5.41, 5.74) is 2.04. The molecule has 0 atom stereocenters. The van der Waals surface area contributed by atoms with Gasteiger partial charge in [0.25, 0.3) is 0 Å². The van der Waals surface area contributed by atoms with Crippen LogP contribution < -0.4 is 4.74 Å². The number of methoxy groups -OCH3 is 1. The molecule has 1 aliphatic rings. The van der Waals surface area contributed by atoms with Crippen molar-refractivity contribution in [2.45, 2.75) is 12.8 Å². The first kappa shape index (κ1) is 8.94. The van der Waals surface area contributed by atoms with Crippen LogP contribution in [0.1, 0.15) is 18.4 Å². The molecule has 0 amide bonds. The lowest BCUT2D eigenvalue weighted by atomic mass is 10.1. The zero-order valence-corrected chi connectivity index (χ0v) is 7.99. The van der Waals surface area contributed by atoms with Crippen LogP contribution in [0.15, 0.2) is 24.5 Å². The van der Waals surface area contributed by atoms with Gasteiger partial charge in [-0.25, -0.2) is 0 Å². The highest BCUT2D eigenvalue weighted by Crippen LogP contribution is 2.27. The second kappa shape index (κ2) is 3.62. The Balaban J connectivity index is 2.32. The van der Waals surface area contributed by atoms with Crippen LogP contribution in [0.2, 0.25) is 0 Å². The lowest BCUT2D eigenvalue weighted by Gasteiger charge is -2.03. The first-order valence-electron chi connectivity index (χ1n) is 4.52. The fourth-order valence-corrected chi connectivity index (χ4v) is 1.53. The first-order valence-corrected chi connectivity index (χ1v) is 4.52. The predicted molar refractivity (Wildman–Crippen MR) is 53.0 cm³/mol. The third-order valence-corrected chi connectivity index (χ3v) is 2.30. The maximum absolute atomic E-state index is 11.1. The van der Waals surface area contributed by atoms with Crippen LogP contribution in [0.25, 0.3) is 5.57 Å². The van der Waals surface area contributed by atoms with Crippen molar-refractivity contribution in [1.29, 1.82) is 0 Å². The Kier molecular flexibility index (Phi) is 2.31. The van der Waals surface area contributed by atoms with Crippen molar-refractivity contribution >= 4 is 11.4 Å². The van der Waals surface area contributed by atoms with Crippen molar-refractivity contribution in [3.8, 4) is 5.75 Å². The van der Waals surface area contributed by atoms with Crippen molar-refractivity contribution < 1.29 is 9.53 Å². The van der Waals surface area contributed by atoms with Gasteiger partial charge in [-0.3, -0.25) is 9.78 Å². The van der Waals surface area contributed by atoms with Crippen LogP contribution in [0.3, 0.4) is 0 Å². The molecular formula is C11H11NO2. The van der Waals surface area contributed by atoms with Gasteiger partial charge in [0.1, 0.15) is 5.75 Å². The number of pyridine rings is 1. The minimum absolute atomic E-state index is 0.197. The van der Waals surface area contributed by atoms with Gasteiger partial charge < -0.3 is 4.74 Å². The molecule has 1 heterocycles. The molecule has 0 N–H and O–H groups in total. The Morgan fingerprint density at radius 2 is 2.21 bits per heavy atom. The van der Waals surface area contributed by atoms with Gasteiger partial charge in [-0.15, -0.1) is 0 Å². The second-order valence-corrected chi connectivity index (χ2v) is 3.25. The fourth-order valence-electron chi connectivity index (χ4n) is 1.53. The van der Waals surface area contributed by atoms with E-state index in [2.05, 4.69) is 4.98 Å². The third kappa shape index (κ3) is 1.66. The van der Waals surface area contributed by atoms with Crippen LogP contribution in [-0.4, -0.2) is 17.9 Å². The summed E-state index contributed by atoms with van der Waals surface area (Å²) in [5, 5.41) is 0. The molecule has 0 aliphatic heterocycles. The SMILES string of the molecule is COc1cncc(C2=CC(=O)CC2)c1. The summed E-state index contributed by atoms with van der Waals surface area (Å²) < 4.78 is 5.07. The number of ketones is 1. The topological polar surface area (TPSA) is 39.2 Å². The van der Waals surface area contributed by atoms with Crippen LogP contribution >= 0.6 is 0 Å². The van der Waals surface area contributed by atoms with Crippen LogP contribution in [0.4, 0.5) is 0 Å². The van der Waals surface area contributed by atoms with Crippen LogP contribution in [-0.2, 0) is 4.79 Å². The van der Waals surface area contributed by atoms with E-state index in [0.717, 1.165) is 23.3 Å². The molecule has 0 bridgehead atoms. The molecule has 0 unspecified atom stereocenters. The summed E-state index contributed by atoms with van der Waals surface area (Å²) in [5.74, 6) is 0.922. The molecule has 0 aromatic carbocycles. The summed E-state index contributed by atoms with van der Waals surface area (Å²) in [7, 11) is 1.61. The van der Waals surface area contributed by atoms with E-state index in [4.69, 9.17) is 4.74 Å². The number of nitrogens with zero attached hydrogens (tertiary/aromatic N) is 1. The molecule has 3 nitrogen and oxygen atoms in total. The van der Waals surface area contributed by atoms with Gasteiger partial charge in [0.05, 0.1) is 13.3 Å². The zero-order valence-electron chi connectivity index (χ0n) is 7.99. The van der Waals surface area contributed by atoms with E-state index in [0.29, 0.717) is 6.42 Å². The van der Waals surface area contributed by atoms with E-state index in [-0.39, 0.29) is 5.78 Å².